The molecule has 1 heterocycles. The Hall–Kier alpha value is -0.780. The summed E-state index contributed by atoms with van der Waals surface area (Å²) in [5, 5.41) is 3.03. The van der Waals surface area contributed by atoms with Gasteiger partial charge in [-0.1, -0.05) is 20.3 Å². The van der Waals surface area contributed by atoms with Crippen LogP contribution in [0.2, 0.25) is 0 Å². The molecule has 0 aromatic rings. The van der Waals surface area contributed by atoms with E-state index in [2.05, 4.69) is 5.32 Å². The van der Waals surface area contributed by atoms with Crippen molar-refractivity contribution in [3.05, 3.63) is 0 Å². The van der Waals surface area contributed by atoms with Crippen molar-refractivity contribution < 1.29 is 18.0 Å². The van der Waals surface area contributed by atoms with E-state index in [1.807, 2.05) is 6.92 Å². The lowest BCUT2D eigenvalue weighted by atomic mass is 9.88. The average Bonchev–Trinajstić information content (AvgIpc) is 2.19. The van der Waals surface area contributed by atoms with Crippen LogP contribution in [-0.4, -0.2) is 43.2 Å². The molecule has 1 saturated heterocycles. The lowest BCUT2D eigenvalue weighted by molar-refractivity contribution is -0.165. The number of nitrogens with zero attached hydrogens (tertiary/aromatic N) is 1. The second-order valence-corrected chi connectivity index (χ2v) is 4.94. The van der Waals surface area contributed by atoms with Crippen LogP contribution in [0.1, 0.15) is 26.7 Å². The quantitative estimate of drug-likeness (QED) is 0.798. The lowest BCUT2D eigenvalue weighted by Gasteiger charge is -2.35. The molecular weight excluding hydrogens is 245 g/mol. The fourth-order valence-corrected chi connectivity index (χ4v) is 1.99. The van der Waals surface area contributed by atoms with E-state index in [9.17, 15) is 18.0 Å². The molecule has 18 heavy (non-hydrogen) atoms. The first-order valence-electron chi connectivity index (χ1n) is 6.41. The number of unbranched alkanes of at least 4 members (excludes halogenated alkanes) is 1. The van der Waals surface area contributed by atoms with Crippen molar-refractivity contribution in [2.45, 2.75) is 32.9 Å². The molecule has 0 aliphatic carbocycles. The van der Waals surface area contributed by atoms with Crippen LogP contribution in [0.5, 0.6) is 0 Å². The van der Waals surface area contributed by atoms with Gasteiger partial charge in [-0.05, 0) is 25.4 Å². The molecule has 1 aliphatic heterocycles. The maximum Gasteiger partial charge on any atom is 0.406 e. The molecule has 1 rings (SSSR count). The number of carbonyl (C=O) groups excluding carboxylic acids is 1. The van der Waals surface area contributed by atoms with Gasteiger partial charge in [0.05, 0.1) is 0 Å². The monoisotopic (exact) mass is 266 g/mol. The Kier molecular flexibility index (Phi) is 5.44. The topological polar surface area (TPSA) is 32.3 Å². The zero-order valence-corrected chi connectivity index (χ0v) is 10.9. The number of amides is 1. The number of rotatable bonds is 6. The van der Waals surface area contributed by atoms with Gasteiger partial charge in [0.25, 0.3) is 0 Å². The van der Waals surface area contributed by atoms with Gasteiger partial charge in [-0.3, -0.25) is 4.79 Å². The van der Waals surface area contributed by atoms with Crippen molar-refractivity contribution in [3.8, 4) is 0 Å². The predicted molar refractivity (Wildman–Crippen MR) is 63.1 cm³/mol. The number of carbonyl (C=O) groups is 1. The summed E-state index contributed by atoms with van der Waals surface area (Å²) in [5.41, 5.74) is 0. The molecule has 6 heteroatoms. The molecule has 0 spiro atoms. The van der Waals surface area contributed by atoms with Crippen LogP contribution in [-0.2, 0) is 4.79 Å². The minimum atomic E-state index is -4.32. The zero-order chi connectivity index (χ0) is 13.8. The van der Waals surface area contributed by atoms with Crippen LogP contribution in [0.25, 0.3) is 0 Å². The SMILES string of the molecule is CCCCN(CC(F)(F)F)C(=O)C(C)C1CNC1. The highest BCUT2D eigenvalue weighted by molar-refractivity contribution is 5.79. The summed E-state index contributed by atoms with van der Waals surface area (Å²) in [6.07, 6.45) is -2.93. The van der Waals surface area contributed by atoms with E-state index in [0.29, 0.717) is 6.42 Å². The van der Waals surface area contributed by atoms with Crippen LogP contribution in [0.15, 0.2) is 0 Å². The van der Waals surface area contributed by atoms with Gasteiger partial charge < -0.3 is 10.2 Å². The van der Waals surface area contributed by atoms with Crippen molar-refractivity contribution in [3.63, 3.8) is 0 Å². The van der Waals surface area contributed by atoms with Gasteiger partial charge in [0.1, 0.15) is 6.54 Å². The Bertz CT molecular complexity index is 277. The molecule has 1 atom stereocenters. The highest BCUT2D eigenvalue weighted by Gasteiger charge is 2.37. The third kappa shape index (κ3) is 4.48. The van der Waals surface area contributed by atoms with E-state index in [-0.39, 0.29) is 24.3 Å². The summed E-state index contributed by atoms with van der Waals surface area (Å²) < 4.78 is 37.3. The lowest BCUT2D eigenvalue weighted by Crippen LogP contribution is -2.51. The second-order valence-electron chi connectivity index (χ2n) is 4.94. The van der Waals surface area contributed by atoms with Gasteiger partial charge in [-0.25, -0.2) is 0 Å². The van der Waals surface area contributed by atoms with E-state index in [0.717, 1.165) is 24.4 Å². The minimum absolute atomic E-state index is 0.176. The number of hydrogen-bond donors (Lipinski definition) is 1. The molecule has 1 amide bonds. The molecule has 1 N–H and O–H groups in total. The molecule has 0 saturated carbocycles. The van der Waals surface area contributed by atoms with Crippen molar-refractivity contribution in [2.75, 3.05) is 26.2 Å². The number of hydrogen-bond acceptors (Lipinski definition) is 2. The fraction of sp³-hybridized carbons (Fsp3) is 0.917. The predicted octanol–water partition coefficient (Wildman–Crippen LogP) is 2.03. The van der Waals surface area contributed by atoms with Gasteiger partial charge in [0.2, 0.25) is 5.91 Å². The summed E-state index contributed by atoms with van der Waals surface area (Å²) in [7, 11) is 0. The first kappa shape index (κ1) is 15.3. The molecule has 0 aromatic carbocycles. The van der Waals surface area contributed by atoms with E-state index in [1.54, 1.807) is 6.92 Å². The van der Waals surface area contributed by atoms with Crippen molar-refractivity contribution in [1.29, 1.82) is 0 Å². The van der Waals surface area contributed by atoms with E-state index in [4.69, 9.17) is 0 Å². The fourth-order valence-electron chi connectivity index (χ4n) is 1.99. The summed E-state index contributed by atoms with van der Waals surface area (Å²) in [4.78, 5) is 13.0. The summed E-state index contributed by atoms with van der Waals surface area (Å²) in [5.74, 6) is -0.521. The average molecular weight is 266 g/mol. The largest absolute Gasteiger partial charge is 0.406 e. The standard InChI is InChI=1S/C12H21F3N2O/c1-3-4-5-17(8-12(13,14)15)11(18)9(2)10-6-16-7-10/h9-10,16H,3-8H2,1-2H3. The van der Waals surface area contributed by atoms with Crippen molar-refractivity contribution in [2.24, 2.45) is 11.8 Å². The van der Waals surface area contributed by atoms with Crippen molar-refractivity contribution in [1.82, 2.24) is 10.2 Å². The Morgan fingerprint density at radius 2 is 2.06 bits per heavy atom. The van der Waals surface area contributed by atoms with E-state index >= 15 is 0 Å². The first-order valence-corrected chi connectivity index (χ1v) is 6.41. The Morgan fingerprint density at radius 1 is 1.44 bits per heavy atom. The first-order chi connectivity index (χ1) is 8.35. The van der Waals surface area contributed by atoms with Gasteiger partial charge in [-0.15, -0.1) is 0 Å². The summed E-state index contributed by atoms with van der Waals surface area (Å²) >= 11 is 0. The van der Waals surface area contributed by atoms with Gasteiger partial charge in [0, 0.05) is 12.5 Å². The van der Waals surface area contributed by atoms with Crippen LogP contribution in [0.3, 0.4) is 0 Å². The smallest absolute Gasteiger partial charge is 0.333 e. The molecular formula is C12H21F3N2O. The van der Waals surface area contributed by atoms with E-state index in [1.165, 1.54) is 0 Å². The van der Waals surface area contributed by atoms with Gasteiger partial charge in [-0.2, -0.15) is 13.2 Å². The molecule has 1 aliphatic rings. The minimum Gasteiger partial charge on any atom is -0.333 e. The second kappa shape index (κ2) is 6.41. The molecule has 1 fully saturated rings. The highest BCUT2D eigenvalue weighted by Crippen LogP contribution is 2.22. The van der Waals surface area contributed by atoms with Gasteiger partial charge >= 0.3 is 6.18 Å². The van der Waals surface area contributed by atoms with Crippen LogP contribution in [0, 0.1) is 11.8 Å². The summed E-state index contributed by atoms with van der Waals surface area (Å²) in [6, 6.07) is 0. The molecule has 0 radical (unpaired) electrons. The third-order valence-corrected chi connectivity index (χ3v) is 3.37. The molecule has 0 bridgehead atoms. The number of halogens is 3. The highest BCUT2D eigenvalue weighted by atomic mass is 19.4. The Labute approximate surface area is 106 Å². The van der Waals surface area contributed by atoms with Crippen LogP contribution < -0.4 is 5.32 Å². The van der Waals surface area contributed by atoms with Crippen LogP contribution in [0.4, 0.5) is 13.2 Å². The normalized spacial score (nSPS) is 18.3. The summed E-state index contributed by atoms with van der Waals surface area (Å²) in [6.45, 7) is 4.13. The number of nitrogens with one attached hydrogen (secondary N) is 1. The maximum atomic E-state index is 12.4. The molecule has 3 nitrogen and oxygen atoms in total. The van der Waals surface area contributed by atoms with Gasteiger partial charge in [0.15, 0.2) is 0 Å². The number of alkyl halides is 3. The van der Waals surface area contributed by atoms with Crippen molar-refractivity contribution >= 4 is 5.91 Å². The molecule has 1 unspecified atom stereocenters. The zero-order valence-electron chi connectivity index (χ0n) is 10.9. The Balaban J connectivity index is 2.59. The molecule has 0 aromatic heterocycles. The third-order valence-electron chi connectivity index (χ3n) is 3.37. The van der Waals surface area contributed by atoms with Crippen LogP contribution >= 0.6 is 0 Å². The molecule has 106 valence electrons. The maximum absolute atomic E-state index is 12.4. The van der Waals surface area contributed by atoms with E-state index < -0.39 is 12.7 Å². The Morgan fingerprint density at radius 3 is 2.44 bits per heavy atom.